The molecule has 2 aromatic rings. The molecule has 0 bridgehead atoms. The van der Waals surface area contributed by atoms with Crippen molar-refractivity contribution < 1.29 is 9.90 Å². The molecule has 0 saturated carbocycles. The monoisotopic (exact) mass is 235 g/mol. The van der Waals surface area contributed by atoms with Crippen LogP contribution < -0.4 is 5.32 Å². The fraction of sp³-hybridized carbons (Fsp3) is 0.400. The third kappa shape index (κ3) is 2.49. The first-order valence-electron chi connectivity index (χ1n) is 5.36. The summed E-state index contributed by atoms with van der Waals surface area (Å²) in [6.07, 6.45) is 2.30. The molecule has 90 valence electrons. The minimum absolute atomic E-state index is 0.0780. The molecule has 2 N–H and O–H groups in total. The summed E-state index contributed by atoms with van der Waals surface area (Å²) in [6.45, 7) is 2.62. The molecule has 0 saturated heterocycles. The van der Waals surface area contributed by atoms with Crippen molar-refractivity contribution >= 4 is 11.7 Å². The Kier molecular flexibility index (Phi) is 3.17. The molecule has 2 heterocycles. The summed E-state index contributed by atoms with van der Waals surface area (Å²) in [6, 6.07) is 1.41. The topological polar surface area (TPSA) is 92.4 Å². The highest BCUT2D eigenvalue weighted by molar-refractivity contribution is 5.78. The number of amides is 1. The Labute approximate surface area is 97.5 Å². The molecule has 0 aliphatic heterocycles. The summed E-state index contributed by atoms with van der Waals surface area (Å²) in [5.74, 6) is 0.0803. The molecule has 0 radical (unpaired) electrons. The van der Waals surface area contributed by atoms with Gasteiger partial charge in [0.25, 0.3) is 5.78 Å². The predicted molar refractivity (Wildman–Crippen MR) is 59.5 cm³/mol. The van der Waals surface area contributed by atoms with Crippen molar-refractivity contribution in [3.05, 3.63) is 18.1 Å². The van der Waals surface area contributed by atoms with E-state index >= 15 is 0 Å². The molecular formula is C10H13N5O2. The Balaban J connectivity index is 2.16. The van der Waals surface area contributed by atoms with Crippen LogP contribution in [0.4, 0.5) is 0 Å². The van der Waals surface area contributed by atoms with Crippen LogP contribution in [0.5, 0.6) is 5.88 Å². The van der Waals surface area contributed by atoms with E-state index in [0.29, 0.717) is 12.2 Å². The largest absolute Gasteiger partial charge is 0.493 e. The van der Waals surface area contributed by atoms with Crippen LogP contribution in [0.25, 0.3) is 5.78 Å². The zero-order valence-electron chi connectivity index (χ0n) is 9.42. The number of rotatable bonds is 4. The van der Waals surface area contributed by atoms with Crippen LogP contribution in [0.3, 0.4) is 0 Å². The van der Waals surface area contributed by atoms with E-state index in [1.54, 1.807) is 0 Å². The summed E-state index contributed by atoms with van der Waals surface area (Å²) in [5.41, 5.74) is 0.469. The van der Waals surface area contributed by atoms with Gasteiger partial charge in [-0.2, -0.15) is 14.6 Å². The van der Waals surface area contributed by atoms with E-state index in [9.17, 15) is 9.90 Å². The second-order valence-corrected chi connectivity index (χ2v) is 3.60. The summed E-state index contributed by atoms with van der Waals surface area (Å²) in [5, 5.41) is 16.1. The van der Waals surface area contributed by atoms with Crippen molar-refractivity contribution in [2.24, 2.45) is 0 Å². The molecule has 0 unspecified atom stereocenters. The third-order valence-electron chi connectivity index (χ3n) is 2.20. The first-order valence-corrected chi connectivity index (χ1v) is 5.36. The molecule has 0 spiro atoms. The van der Waals surface area contributed by atoms with Crippen LogP contribution in [0.1, 0.15) is 19.0 Å². The van der Waals surface area contributed by atoms with Crippen LogP contribution in [-0.2, 0) is 11.2 Å². The van der Waals surface area contributed by atoms with Gasteiger partial charge in [0.2, 0.25) is 11.8 Å². The second kappa shape index (κ2) is 4.77. The van der Waals surface area contributed by atoms with Gasteiger partial charge in [0.15, 0.2) is 0 Å². The Bertz CT molecular complexity index is 536. The maximum Gasteiger partial charge on any atom is 0.255 e. The van der Waals surface area contributed by atoms with Crippen molar-refractivity contribution in [1.82, 2.24) is 24.9 Å². The average Bonchev–Trinajstić information content (AvgIpc) is 2.75. The maximum atomic E-state index is 11.5. The molecule has 0 aromatic carbocycles. The van der Waals surface area contributed by atoms with E-state index in [2.05, 4.69) is 20.4 Å². The third-order valence-corrected chi connectivity index (χ3v) is 2.20. The Hall–Kier alpha value is -2.18. The lowest BCUT2D eigenvalue weighted by molar-refractivity contribution is -0.120. The molecule has 1 amide bonds. The fourth-order valence-electron chi connectivity index (χ4n) is 1.43. The van der Waals surface area contributed by atoms with Crippen LogP contribution >= 0.6 is 0 Å². The van der Waals surface area contributed by atoms with E-state index in [1.165, 1.54) is 16.9 Å². The smallest absolute Gasteiger partial charge is 0.255 e. The van der Waals surface area contributed by atoms with Crippen LogP contribution in [0.15, 0.2) is 12.4 Å². The molecule has 0 atom stereocenters. The zero-order chi connectivity index (χ0) is 12.3. The first kappa shape index (κ1) is 11.3. The summed E-state index contributed by atoms with van der Waals surface area (Å²) >= 11 is 0. The summed E-state index contributed by atoms with van der Waals surface area (Å²) < 4.78 is 1.20. The average molecular weight is 235 g/mol. The number of carbonyl (C=O) groups is 1. The van der Waals surface area contributed by atoms with E-state index in [0.717, 1.165) is 6.42 Å². The summed E-state index contributed by atoms with van der Waals surface area (Å²) in [4.78, 5) is 19.5. The first-order chi connectivity index (χ1) is 8.20. The Morgan fingerprint density at radius 2 is 2.41 bits per heavy atom. The van der Waals surface area contributed by atoms with Gasteiger partial charge >= 0.3 is 0 Å². The molecule has 0 aliphatic carbocycles. The highest BCUT2D eigenvalue weighted by Gasteiger charge is 2.09. The highest BCUT2D eigenvalue weighted by atomic mass is 16.3. The van der Waals surface area contributed by atoms with E-state index in [-0.39, 0.29) is 24.0 Å². The van der Waals surface area contributed by atoms with Crippen molar-refractivity contribution in [2.75, 3.05) is 6.54 Å². The van der Waals surface area contributed by atoms with Crippen LogP contribution in [0, 0.1) is 0 Å². The minimum Gasteiger partial charge on any atom is -0.493 e. The predicted octanol–water partition coefficient (Wildman–Crippen LogP) is -0.101. The second-order valence-electron chi connectivity index (χ2n) is 3.60. The van der Waals surface area contributed by atoms with Gasteiger partial charge < -0.3 is 10.4 Å². The fourth-order valence-corrected chi connectivity index (χ4v) is 1.43. The molecule has 7 heteroatoms. The van der Waals surface area contributed by atoms with Gasteiger partial charge in [-0.25, -0.2) is 4.98 Å². The van der Waals surface area contributed by atoms with Crippen molar-refractivity contribution in [1.29, 1.82) is 0 Å². The highest BCUT2D eigenvalue weighted by Crippen LogP contribution is 2.11. The molecule has 0 fully saturated rings. The van der Waals surface area contributed by atoms with Gasteiger partial charge in [0, 0.05) is 12.6 Å². The number of nitrogens with one attached hydrogen (secondary N) is 1. The number of carbonyl (C=O) groups excluding carboxylic acids is 1. The Morgan fingerprint density at radius 3 is 3.18 bits per heavy atom. The number of hydrogen-bond donors (Lipinski definition) is 2. The standard InChI is InChI=1S/C10H13N5O2/c1-2-3-11-8(16)4-7-5-9(17)15-10(14-7)12-6-13-15/h5-6,17H,2-4H2,1H3,(H,11,16). The molecule has 0 aliphatic rings. The van der Waals surface area contributed by atoms with Gasteiger partial charge in [0.1, 0.15) is 6.33 Å². The molecule has 7 nitrogen and oxygen atoms in total. The number of hydrogen-bond acceptors (Lipinski definition) is 5. The van der Waals surface area contributed by atoms with Gasteiger partial charge in [-0.3, -0.25) is 4.79 Å². The van der Waals surface area contributed by atoms with Gasteiger partial charge in [-0.1, -0.05) is 6.92 Å². The van der Waals surface area contributed by atoms with Crippen molar-refractivity contribution in [3.8, 4) is 5.88 Å². The van der Waals surface area contributed by atoms with Crippen molar-refractivity contribution in [3.63, 3.8) is 0 Å². The lowest BCUT2D eigenvalue weighted by Crippen LogP contribution is -2.26. The molecule has 2 rings (SSSR count). The minimum atomic E-state index is -0.123. The maximum absolute atomic E-state index is 11.5. The quantitative estimate of drug-likeness (QED) is 0.772. The number of nitrogens with zero attached hydrogens (tertiary/aromatic N) is 4. The normalized spacial score (nSPS) is 10.6. The van der Waals surface area contributed by atoms with Gasteiger partial charge in [-0.15, -0.1) is 0 Å². The van der Waals surface area contributed by atoms with E-state index < -0.39 is 0 Å². The lowest BCUT2D eigenvalue weighted by atomic mass is 10.3. The number of aromatic hydroxyl groups is 1. The molecular weight excluding hydrogens is 222 g/mol. The van der Waals surface area contributed by atoms with Gasteiger partial charge in [0.05, 0.1) is 12.1 Å². The van der Waals surface area contributed by atoms with Crippen LogP contribution in [0.2, 0.25) is 0 Å². The SMILES string of the molecule is CCCNC(=O)Cc1cc(O)n2ncnc2n1. The molecule has 2 aromatic heterocycles. The van der Waals surface area contributed by atoms with Gasteiger partial charge in [-0.05, 0) is 6.42 Å². The number of fused-ring (bicyclic) bond motifs is 1. The number of aromatic nitrogens is 4. The van der Waals surface area contributed by atoms with E-state index in [4.69, 9.17) is 0 Å². The van der Waals surface area contributed by atoms with Crippen molar-refractivity contribution in [2.45, 2.75) is 19.8 Å². The zero-order valence-corrected chi connectivity index (χ0v) is 9.42. The molecule has 17 heavy (non-hydrogen) atoms. The van der Waals surface area contributed by atoms with Crippen LogP contribution in [-0.4, -0.2) is 37.1 Å². The Morgan fingerprint density at radius 1 is 1.59 bits per heavy atom. The summed E-state index contributed by atoms with van der Waals surface area (Å²) in [7, 11) is 0. The lowest BCUT2D eigenvalue weighted by Gasteiger charge is -2.04. The van der Waals surface area contributed by atoms with E-state index in [1.807, 2.05) is 6.92 Å².